The number of nitrogens with one attached hydrogen (secondary N) is 1. The Morgan fingerprint density at radius 2 is 1.81 bits per heavy atom. The van der Waals surface area contributed by atoms with Crippen LogP contribution >= 0.6 is 11.3 Å². The molecular weight excluding hydrogens is 416 g/mol. The van der Waals surface area contributed by atoms with Gasteiger partial charge in [0.1, 0.15) is 12.4 Å². The molecule has 0 aliphatic rings. The van der Waals surface area contributed by atoms with Crippen LogP contribution in [0.1, 0.15) is 45.9 Å². The first-order chi connectivity index (χ1) is 15.6. The molecule has 0 saturated carbocycles. The Labute approximate surface area is 192 Å². The van der Waals surface area contributed by atoms with E-state index in [1.807, 2.05) is 55.5 Å². The highest BCUT2D eigenvalue weighted by Crippen LogP contribution is 2.22. The lowest BCUT2D eigenvalue weighted by Gasteiger charge is -2.09. The van der Waals surface area contributed by atoms with Gasteiger partial charge in [-0.1, -0.05) is 55.8 Å². The van der Waals surface area contributed by atoms with Crippen molar-refractivity contribution in [1.82, 2.24) is 5.43 Å². The molecule has 0 spiro atoms. The van der Waals surface area contributed by atoms with Gasteiger partial charge < -0.3 is 4.74 Å². The molecule has 0 aliphatic carbocycles. The number of nitrogens with zero attached hydrogens (tertiary/aromatic N) is 1. The van der Waals surface area contributed by atoms with Crippen LogP contribution in [0.3, 0.4) is 0 Å². The van der Waals surface area contributed by atoms with E-state index < -0.39 is 0 Å². The second kappa shape index (κ2) is 10.2. The van der Waals surface area contributed by atoms with Gasteiger partial charge in [0.25, 0.3) is 5.91 Å². The first-order valence-corrected chi connectivity index (χ1v) is 11.6. The topological polar surface area (TPSA) is 50.7 Å². The van der Waals surface area contributed by atoms with E-state index in [1.165, 1.54) is 10.3 Å². The standard InChI is InChI=1S/C27H26N2O2S/c1-3-7-25-14-15-26(32-25)19(2)28-29-27(30)23-11-6-8-20(16-23)18-31-24-13-12-21-9-4-5-10-22(21)17-24/h4-6,8-17H,3,7,18H2,1-2H3,(H,29,30). The second-order valence-corrected chi connectivity index (χ2v) is 8.82. The average molecular weight is 443 g/mol. The highest BCUT2D eigenvalue weighted by atomic mass is 32.1. The minimum absolute atomic E-state index is 0.234. The SMILES string of the molecule is CCCc1ccc(C(C)=NNC(=O)c2cccc(COc3ccc4ccccc4c3)c2)s1. The molecule has 162 valence electrons. The van der Waals surface area contributed by atoms with Crippen molar-refractivity contribution in [2.45, 2.75) is 33.3 Å². The van der Waals surface area contributed by atoms with Crippen LogP contribution in [0.5, 0.6) is 5.75 Å². The Morgan fingerprint density at radius 3 is 2.66 bits per heavy atom. The van der Waals surface area contributed by atoms with Crippen molar-refractivity contribution in [2.75, 3.05) is 0 Å². The molecule has 0 bridgehead atoms. The molecule has 1 aromatic heterocycles. The summed E-state index contributed by atoms with van der Waals surface area (Å²) in [4.78, 5) is 15.0. The fraction of sp³-hybridized carbons (Fsp3) is 0.185. The molecule has 1 heterocycles. The number of aryl methyl sites for hydroxylation is 1. The van der Waals surface area contributed by atoms with Gasteiger partial charge in [0.2, 0.25) is 0 Å². The molecule has 1 N–H and O–H groups in total. The molecule has 0 unspecified atom stereocenters. The van der Waals surface area contributed by atoms with E-state index in [9.17, 15) is 4.79 Å². The summed E-state index contributed by atoms with van der Waals surface area (Å²) in [6, 6.07) is 25.8. The monoisotopic (exact) mass is 442 g/mol. The number of ether oxygens (including phenoxy) is 1. The van der Waals surface area contributed by atoms with Crippen molar-refractivity contribution in [2.24, 2.45) is 5.10 Å². The van der Waals surface area contributed by atoms with Crippen LogP contribution in [-0.4, -0.2) is 11.6 Å². The molecule has 3 aromatic carbocycles. The van der Waals surface area contributed by atoms with E-state index in [0.717, 1.165) is 40.1 Å². The largest absolute Gasteiger partial charge is 0.489 e. The molecule has 4 rings (SSSR count). The summed E-state index contributed by atoms with van der Waals surface area (Å²) in [6.07, 6.45) is 2.19. The van der Waals surface area contributed by atoms with Crippen molar-refractivity contribution in [3.8, 4) is 5.75 Å². The van der Waals surface area contributed by atoms with Crippen LogP contribution in [-0.2, 0) is 13.0 Å². The number of carbonyl (C=O) groups is 1. The van der Waals surface area contributed by atoms with E-state index in [2.05, 4.69) is 41.7 Å². The van der Waals surface area contributed by atoms with Gasteiger partial charge in [-0.2, -0.15) is 5.10 Å². The Morgan fingerprint density at radius 1 is 0.969 bits per heavy atom. The molecule has 0 atom stereocenters. The lowest BCUT2D eigenvalue weighted by Crippen LogP contribution is -2.19. The van der Waals surface area contributed by atoms with Crippen LogP contribution in [0.25, 0.3) is 10.8 Å². The van der Waals surface area contributed by atoms with Gasteiger partial charge in [0, 0.05) is 10.4 Å². The zero-order valence-corrected chi connectivity index (χ0v) is 19.1. The maximum absolute atomic E-state index is 12.6. The Bertz CT molecular complexity index is 1260. The van der Waals surface area contributed by atoms with Gasteiger partial charge in [-0.05, 0) is 66.1 Å². The van der Waals surface area contributed by atoms with Crippen molar-refractivity contribution in [3.63, 3.8) is 0 Å². The lowest BCUT2D eigenvalue weighted by atomic mass is 10.1. The van der Waals surface area contributed by atoms with Crippen molar-refractivity contribution in [3.05, 3.63) is 99.7 Å². The van der Waals surface area contributed by atoms with Crippen molar-refractivity contribution < 1.29 is 9.53 Å². The van der Waals surface area contributed by atoms with E-state index >= 15 is 0 Å². The predicted octanol–water partition coefficient (Wildman–Crippen LogP) is 6.59. The molecule has 5 heteroatoms. The van der Waals surface area contributed by atoms with E-state index in [4.69, 9.17) is 4.74 Å². The minimum atomic E-state index is -0.234. The molecule has 0 fully saturated rings. The zero-order valence-electron chi connectivity index (χ0n) is 18.3. The van der Waals surface area contributed by atoms with Gasteiger partial charge in [0.15, 0.2) is 0 Å². The molecule has 0 saturated heterocycles. The summed E-state index contributed by atoms with van der Waals surface area (Å²) in [5, 5.41) is 6.61. The molecule has 1 amide bonds. The summed E-state index contributed by atoms with van der Waals surface area (Å²) < 4.78 is 5.96. The lowest BCUT2D eigenvalue weighted by molar-refractivity contribution is 0.0954. The van der Waals surface area contributed by atoms with Gasteiger partial charge in [0.05, 0.1) is 10.6 Å². The number of hydrogen-bond donors (Lipinski definition) is 1. The highest BCUT2D eigenvalue weighted by molar-refractivity contribution is 7.14. The fourth-order valence-electron chi connectivity index (χ4n) is 3.43. The number of rotatable bonds is 8. The third kappa shape index (κ3) is 5.42. The second-order valence-electron chi connectivity index (χ2n) is 7.65. The summed E-state index contributed by atoms with van der Waals surface area (Å²) in [7, 11) is 0. The number of fused-ring (bicyclic) bond motifs is 1. The minimum Gasteiger partial charge on any atom is -0.489 e. The normalized spacial score (nSPS) is 11.5. The van der Waals surface area contributed by atoms with Crippen LogP contribution < -0.4 is 10.2 Å². The van der Waals surface area contributed by atoms with Crippen LogP contribution in [0.15, 0.2) is 84.0 Å². The number of benzene rings is 3. The summed E-state index contributed by atoms with van der Waals surface area (Å²) >= 11 is 1.72. The molecule has 32 heavy (non-hydrogen) atoms. The zero-order chi connectivity index (χ0) is 22.3. The molecule has 0 radical (unpaired) electrons. The van der Waals surface area contributed by atoms with Crippen LogP contribution in [0.2, 0.25) is 0 Å². The summed E-state index contributed by atoms with van der Waals surface area (Å²) in [5.41, 5.74) is 4.96. The number of thiophene rings is 1. The Hall–Kier alpha value is -3.44. The van der Waals surface area contributed by atoms with Crippen molar-refractivity contribution >= 4 is 33.7 Å². The summed E-state index contributed by atoms with van der Waals surface area (Å²) in [6.45, 7) is 4.47. The quantitative estimate of drug-likeness (QED) is 0.247. The third-order valence-electron chi connectivity index (χ3n) is 5.16. The first kappa shape index (κ1) is 21.8. The maximum atomic E-state index is 12.6. The van der Waals surface area contributed by atoms with Crippen LogP contribution in [0, 0.1) is 0 Å². The third-order valence-corrected chi connectivity index (χ3v) is 6.41. The average Bonchev–Trinajstić information content (AvgIpc) is 3.30. The number of hydrogen-bond acceptors (Lipinski definition) is 4. The summed E-state index contributed by atoms with van der Waals surface area (Å²) in [5.74, 6) is 0.569. The number of carbonyl (C=O) groups excluding carboxylic acids is 1. The van der Waals surface area contributed by atoms with Gasteiger partial charge in [-0.25, -0.2) is 5.43 Å². The number of amides is 1. The molecule has 0 aliphatic heterocycles. The molecule has 4 nitrogen and oxygen atoms in total. The number of hydrazone groups is 1. The van der Waals surface area contributed by atoms with Gasteiger partial charge >= 0.3 is 0 Å². The van der Waals surface area contributed by atoms with Gasteiger partial charge in [-0.15, -0.1) is 11.3 Å². The first-order valence-electron chi connectivity index (χ1n) is 10.8. The van der Waals surface area contributed by atoms with E-state index in [1.54, 1.807) is 17.4 Å². The van der Waals surface area contributed by atoms with Crippen molar-refractivity contribution in [1.29, 1.82) is 0 Å². The molecular formula is C27H26N2O2S. The Kier molecular flexibility index (Phi) is 6.97. The fourth-order valence-corrected chi connectivity index (χ4v) is 4.49. The van der Waals surface area contributed by atoms with Gasteiger partial charge in [-0.3, -0.25) is 4.79 Å². The maximum Gasteiger partial charge on any atom is 0.271 e. The predicted molar refractivity (Wildman–Crippen MR) is 133 cm³/mol. The highest BCUT2D eigenvalue weighted by Gasteiger charge is 2.08. The molecule has 4 aromatic rings. The van der Waals surface area contributed by atoms with E-state index in [0.29, 0.717) is 12.2 Å². The smallest absolute Gasteiger partial charge is 0.271 e. The van der Waals surface area contributed by atoms with E-state index in [-0.39, 0.29) is 5.91 Å². The van der Waals surface area contributed by atoms with Crippen LogP contribution in [0.4, 0.5) is 0 Å². The Balaban J connectivity index is 1.38.